The lowest BCUT2D eigenvalue weighted by atomic mass is 10.1. The Hall–Kier alpha value is -1.06. The summed E-state index contributed by atoms with van der Waals surface area (Å²) >= 11 is 0. The third kappa shape index (κ3) is 4.80. The molecule has 2 atom stereocenters. The van der Waals surface area contributed by atoms with Gasteiger partial charge in [-0.1, -0.05) is 17.7 Å². The summed E-state index contributed by atoms with van der Waals surface area (Å²) in [6, 6.07) is 8.50. The summed E-state index contributed by atoms with van der Waals surface area (Å²) in [7, 11) is 0. The van der Waals surface area contributed by atoms with Gasteiger partial charge >= 0.3 is 0 Å². The van der Waals surface area contributed by atoms with Crippen LogP contribution in [0.2, 0.25) is 0 Å². The lowest BCUT2D eigenvalue weighted by molar-refractivity contribution is -0.0153. The van der Waals surface area contributed by atoms with Crippen LogP contribution >= 0.6 is 0 Å². The van der Waals surface area contributed by atoms with Gasteiger partial charge in [0, 0.05) is 12.6 Å². The predicted octanol–water partition coefficient (Wildman–Crippen LogP) is 3.31. The monoisotopic (exact) mass is 277 g/mol. The number of rotatable bonds is 6. The molecule has 0 aliphatic carbocycles. The van der Waals surface area contributed by atoms with Crippen molar-refractivity contribution in [3.05, 3.63) is 29.8 Å². The van der Waals surface area contributed by atoms with Gasteiger partial charge in [0.1, 0.15) is 12.4 Å². The topological polar surface area (TPSA) is 30.5 Å². The first-order chi connectivity index (χ1) is 9.44. The third-order valence-electron chi connectivity index (χ3n) is 3.77. The van der Waals surface area contributed by atoms with E-state index in [1.807, 2.05) is 12.1 Å². The molecule has 0 saturated carbocycles. The van der Waals surface area contributed by atoms with Gasteiger partial charge < -0.3 is 14.8 Å². The molecule has 0 bridgehead atoms. The Balaban J connectivity index is 1.65. The van der Waals surface area contributed by atoms with Crippen LogP contribution in [0.25, 0.3) is 0 Å². The molecule has 0 aromatic heterocycles. The first-order valence-electron chi connectivity index (χ1n) is 7.55. The minimum atomic E-state index is 0.0496. The van der Waals surface area contributed by atoms with Crippen molar-refractivity contribution < 1.29 is 9.47 Å². The van der Waals surface area contributed by atoms with Crippen molar-refractivity contribution in [1.29, 1.82) is 0 Å². The Morgan fingerprint density at radius 3 is 2.65 bits per heavy atom. The molecule has 2 unspecified atom stereocenters. The predicted molar refractivity (Wildman–Crippen MR) is 82.3 cm³/mol. The maximum absolute atomic E-state index is 5.97. The zero-order valence-electron chi connectivity index (χ0n) is 13.1. The van der Waals surface area contributed by atoms with E-state index in [1.54, 1.807) is 0 Å². The van der Waals surface area contributed by atoms with E-state index in [9.17, 15) is 0 Å². The number of hydrogen-bond acceptors (Lipinski definition) is 3. The molecule has 1 aromatic carbocycles. The summed E-state index contributed by atoms with van der Waals surface area (Å²) < 4.78 is 11.7. The van der Waals surface area contributed by atoms with Crippen LogP contribution in [0.15, 0.2) is 24.3 Å². The second-order valence-corrected chi connectivity index (χ2v) is 6.47. The van der Waals surface area contributed by atoms with Gasteiger partial charge in [-0.05, 0) is 52.7 Å². The van der Waals surface area contributed by atoms with Gasteiger partial charge in [-0.3, -0.25) is 0 Å². The summed E-state index contributed by atoms with van der Waals surface area (Å²) in [6.07, 6.45) is 2.63. The molecule has 1 N–H and O–H groups in total. The molecule has 1 aliphatic rings. The number of hydrogen-bond donors (Lipinski definition) is 1. The molecule has 0 radical (unpaired) electrons. The quantitative estimate of drug-likeness (QED) is 0.865. The molecule has 0 amide bonds. The van der Waals surface area contributed by atoms with Crippen molar-refractivity contribution in [3.8, 4) is 5.75 Å². The molecular weight excluding hydrogens is 250 g/mol. The van der Waals surface area contributed by atoms with Gasteiger partial charge in [0.25, 0.3) is 0 Å². The summed E-state index contributed by atoms with van der Waals surface area (Å²) in [4.78, 5) is 0. The van der Waals surface area contributed by atoms with Crippen LogP contribution in [-0.4, -0.2) is 30.9 Å². The largest absolute Gasteiger partial charge is 0.492 e. The Bertz CT molecular complexity index is 414. The Morgan fingerprint density at radius 2 is 2.05 bits per heavy atom. The van der Waals surface area contributed by atoms with Crippen molar-refractivity contribution >= 4 is 0 Å². The smallest absolute Gasteiger partial charge is 0.119 e. The summed E-state index contributed by atoms with van der Waals surface area (Å²) in [5.74, 6) is 0.933. The fourth-order valence-corrected chi connectivity index (χ4v) is 2.47. The molecule has 3 nitrogen and oxygen atoms in total. The molecule has 0 spiro atoms. The van der Waals surface area contributed by atoms with E-state index in [0.29, 0.717) is 18.8 Å². The molecule has 1 heterocycles. The van der Waals surface area contributed by atoms with Crippen LogP contribution in [0, 0.1) is 6.92 Å². The van der Waals surface area contributed by atoms with E-state index >= 15 is 0 Å². The van der Waals surface area contributed by atoms with Crippen molar-refractivity contribution in [2.24, 2.45) is 0 Å². The van der Waals surface area contributed by atoms with Gasteiger partial charge in [-0.15, -0.1) is 0 Å². The number of ether oxygens (including phenoxy) is 2. The van der Waals surface area contributed by atoms with E-state index in [-0.39, 0.29) is 5.60 Å². The second kappa shape index (κ2) is 6.59. The number of benzene rings is 1. The molecule has 2 rings (SSSR count). The highest BCUT2D eigenvalue weighted by molar-refractivity contribution is 5.26. The Kier molecular flexibility index (Phi) is 5.06. The maximum atomic E-state index is 5.97. The lowest BCUT2D eigenvalue weighted by Crippen LogP contribution is -2.38. The van der Waals surface area contributed by atoms with E-state index in [0.717, 1.165) is 25.1 Å². The minimum Gasteiger partial charge on any atom is -0.492 e. The first-order valence-corrected chi connectivity index (χ1v) is 7.55. The van der Waals surface area contributed by atoms with Crippen LogP contribution in [0.4, 0.5) is 0 Å². The SMILES string of the molecule is Cc1ccc(OCC(C)NCC2CCC(C)(C)O2)cc1. The van der Waals surface area contributed by atoms with Crippen molar-refractivity contribution in [1.82, 2.24) is 5.32 Å². The van der Waals surface area contributed by atoms with E-state index in [4.69, 9.17) is 9.47 Å². The van der Waals surface area contributed by atoms with E-state index < -0.39 is 0 Å². The molecule has 1 saturated heterocycles. The molecule has 112 valence electrons. The number of aryl methyl sites for hydroxylation is 1. The van der Waals surface area contributed by atoms with Crippen molar-refractivity contribution in [2.45, 2.75) is 58.3 Å². The standard InChI is InChI=1S/C17H27NO2/c1-13-5-7-15(8-6-13)19-12-14(2)18-11-16-9-10-17(3,4)20-16/h5-8,14,16,18H,9-12H2,1-4H3. The molecule has 3 heteroatoms. The first kappa shape index (κ1) is 15.3. The van der Waals surface area contributed by atoms with Crippen LogP contribution in [0.1, 0.15) is 39.2 Å². The Morgan fingerprint density at radius 1 is 1.35 bits per heavy atom. The lowest BCUT2D eigenvalue weighted by Gasteiger charge is -2.21. The molecule has 1 aliphatic heterocycles. The highest BCUT2D eigenvalue weighted by Crippen LogP contribution is 2.28. The average molecular weight is 277 g/mol. The Labute approximate surface area is 122 Å². The van der Waals surface area contributed by atoms with Gasteiger partial charge in [-0.2, -0.15) is 0 Å². The van der Waals surface area contributed by atoms with Crippen molar-refractivity contribution in [2.75, 3.05) is 13.2 Å². The fraction of sp³-hybridized carbons (Fsp3) is 0.647. The average Bonchev–Trinajstić information content (AvgIpc) is 2.75. The molecule has 20 heavy (non-hydrogen) atoms. The highest BCUT2D eigenvalue weighted by Gasteiger charge is 2.31. The molecular formula is C17H27NO2. The van der Waals surface area contributed by atoms with Crippen molar-refractivity contribution in [3.63, 3.8) is 0 Å². The van der Waals surface area contributed by atoms with Gasteiger partial charge in [0.05, 0.1) is 11.7 Å². The summed E-state index contributed by atoms with van der Waals surface area (Å²) in [6.45, 7) is 10.1. The summed E-state index contributed by atoms with van der Waals surface area (Å²) in [5.41, 5.74) is 1.30. The van der Waals surface area contributed by atoms with Gasteiger partial charge in [-0.25, -0.2) is 0 Å². The number of nitrogens with one attached hydrogen (secondary N) is 1. The van der Waals surface area contributed by atoms with E-state index in [1.165, 1.54) is 5.56 Å². The second-order valence-electron chi connectivity index (χ2n) is 6.47. The maximum Gasteiger partial charge on any atom is 0.119 e. The minimum absolute atomic E-state index is 0.0496. The van der Waals surface area contributed by atoms with Crippen LogP contribution < -0.4 is 10.1 Å². The van der Waals surface area contributed by atoms with Crippen LogP contribution in [0.3, 0.4) is 0 Å². The zero-order chi connectivity index (χ0) is 14.6. The van der Waals surface area contributed by atoms with E-state index in [2.05, 4.69) is 45.1 Å². The molecule has 1 aromatic rings. The zero-order valence-corrected chi connectivity index (χ0v) is 13.1. The summed E-state index contributed by atoms with van der Waals surface area (Å²) in [5, 5.41) is 3.49. The highest BCUT2D eigenvalue weighted by atomic mass is 16.5. The van der Waals surface area contributed by atoms with Crippen LogP contribution in [-0.2, 0) is 4.74 Å². The normalized spacial score (nSPS) is 22.7. The van der Waals surface area contributed by atoms with Gasteiger partial charge in [0.2, 0.25) is 0 Å². The third-order valence-corrected chi connectivity index (χ3v) is 3.77. The van der Waals surface area contributed by atoms with Crippen LogP contribution in [0.5, 0.6) is 5.75 Å². The molecule has 1 fully saturated rings. The fourth-order valence-electron chi connectivity index (χ4n) is 2.47. The van der Waals surface area contributed by atoms with Gasteiger partial charge in [0.15, 0.2) is 0 Å².